The Bertz CT molecular complexity index is 99.6. The molecule has 0 atom stereocenters. The molecule has 0 unspecified atom stereocenters. The molecule has 0 radical (unpaired) electrons. The first-order valence-electron chi connectivity index (χ1n) is 1.84. The van der Waals surface area contributed by atoms with Crippen LogP contribution >= 0.6 is 0 Å². The molecule has 0 saturated heterocycles. The maximum absolute atomic E-state index is 11.2. The van der Waals surface area contributed by atoms with Gasteiger partial charge in [-0.1, -0.05) is 6.61 Å². The van der Waals surface area contributed by atoms with Crippen LogP contribution in [0, 0.1) is 0 Å². The van der Waals surface area contributed by atoms with Gasteiger partial charge < -0.3 is 5.11 Å². The average Bonchev–Trinajstić information content (AvgIpc) is 1.64. The molecule has 0 fully saturated rings. The van der Waals surface area contributed by atoms with Crippen molar-refractivity contribution in [2.24, 2.45) is 0 Å². The van der Waals surface area contributed by atoms with Crippen LogP contribution in [0.3, 0.4) is 0 Å². The van der Waals surface area contributed by atoms with Gasteiger partial charge in [0.15, 0.2) is 0 Å². The molecule has 0 aromatic rings. The van der Waals surface area contributed by atoms with E-state index >= 15 is 0 Å². The molecule has 56 valence electrons. The van der Waals surface area contributed by atoms with Crippen LogP contribution in [-0.2, 0) is 0 Å². The van der Waals surface area contributed by atoms with E-state index in [1.54, 1.807) is 0 Å². The van der Waals surface area contributed by atoms with Crippen LogP contribution in [0.1, 0.15) is 0 Å². The van der Waals surface area contributed by atoms with Gasteiger partial charge in [-0.2, -0.15) is 22.0 Å². The fraction of sp³-hybridized carbons (Fsp3) is 1.00. The molecule has 0 N–H and O–H groups in total. The SMILES string of the molecule is [Li+].[O-]CC(F)(F)C(F)(F)F. The molecule has 0 heterocycles. The van der Waals surface area contributed by atoms with E-state index in [2.05, 4.69) is 0 Å². The number of halogens is 5. The van der Waals surface area contributed by atoms with Crippen molar-refractivity contribution in [3.63, 3.8) is 0 Å². The monoisotopic (exact) mass is 156 g/mol. The largest absolute Gasteiger partial charge is 1.00 e. The van der Waals surface area contributed by atoms with Crippen molar-refractivity contribution in [1.29, 1.82) is 0 Å². The minimum atomic E-state index is -5.70. The Labute approximate surface area is 65.4 Å². The van der Waals surface area contributed by atoms with E-state index in [9.17, 15) is 22.0 Å². The van der Waals surface area contributed by atoms with Crippen molar-refractivity contribution in [1.82, 2.24) is 0 Å². The van der Waals surface area contributed by atoms with Crippen molar-refractivity contribution in [2.45, 2.75) is 12.1 Å². The van der Waals surface area contributed by atoms with E-state index in [0.29, 0.717) is 0 Å². The van der Waals surface area contributed by atoms with Crippen LogP contribution in [-0.4, -0.2) is 18.7 Å². The van der Waals surface area contributed by atoms with Gasteiger partial charge in [0.25, 0.3) is 0 Å². The topological polar surface area (TPSA) is 23.1 Å². The summed E-state index contributed by atoms with van der Waals surface area (Å²) in [5.74, 6) is -5.08. The van der Waals surface area contributed by atoms with E-state index in [-0.39, 0.29) is 18.9 Å². The van der Waals surface area contributed by atoms with Crippen LogP contribution in [0.25, 0.3) is 0 Å². The van der Waals surface area contributed by atoms with Crippen LogP contribution in [0.15, 0.2) is 0 Å². The van der Waals surface area contributed by atoms with Crippen molar-refractivity contribution < 1.29 is 45.9 Å². The third-order valence-electron chi connectivity index (χ3n) is 0.596. The summed E-state index contributed by atoms with van der Waals surface area (Å²) < 4.78 is 55.1. The minimum absolute atomic E-state index is 0. The summed E-state index contributed by atoms with van der Waals surface area (Å²) >= 11 is 0. The molecule has 10 heavy (non-hydrogen) atoms. The second-order valence-electron chi connectivity index (χ2n) is 1.35. The standard InChI is InChI=1S/C3H2F5O.Li/c4-2(5,1-9)3(6,7)8;/h1H2;/q-1;+1. The van der Waals surface area contributed by atoms with Crippen molar-refractivity contribution in [2.75, 3.05) is 6.61 Å². The quantitative estimate of drug-likeness (QED) is 0.305. The van der Waals surface area contributed by atoms with Gasteiger partial charge in [0, 0.05) is 0 Å². The number of hydrogen-bond donors (Lipinski definition) is 0. The van der Waals surface area contributed by atoms with Gasteiger partial charge in [0.05, 0.1) is 0 Å². The number of alkyl halides is 5. The summed E-state index contributed by atoms with van der Waals surface area (Å²) in [6.45, 7) is -2.45. The molecule has 7 heteroatoms. The van der Waals surface area contributed by atoms with Gasteiger partial charge in [-0.3, -0.25) is 0 Å². The fourth-order valence-electron chi connectivity index (χ4n) is 0.0818. The molecule has 0 aliphatic heterocycles. The van der Waals surface area contributed by atoms with E-state index in [1.165, 1.54) is 0 Å². The molecule has 0 saturated carbocycles. The second kappa shape index (κ2) is 3.56. The summed E-state index contributed by atoms with van der Waals surface area (Å²) in [5.41, 5.74) is 0. The van der Waals surface area contributed by atoms with Gasteiger partial charge in [0.1, 0.15) is 0 Å². The molecule has 0 bridgehead atoms. The first-order chi connectivity index (χ1) is 3.81. The molecule has 0 aliphatic rings. The third-order valence-corrected chi connectivity index (χ3v) is 0.596. The Morgan fingerprint density at radius 1 is 1.00 bits per heavy atom. The Kier molecular flexibility index (Phi) is 4.57. The van der Waals surface area contributed by atoms with Crippen LogP contribution < -0.4 is 24.0 Å². The van der Waals surface area contributed by atoms with Crippen molar-refractivity contribution in [3.8, 4) is 0 Å². The Balaban J connectivity index is 0. The number of hydrogen-bond acceptors (Lipinski definition) is 1. The zero-order chi connectivity index (χ0) is 7.71. The summed E-state index contributed by atoms with van der Waals surface area (Å²) in [4.78, 5) is 0. The first kappa shape index (κ1) is 12.8. The molecule has 0 aromatic heterocycles. The zero-order valence-corrected chi connectivity index (χ0v) is 5.01. The molecule has 0 rings (SSSR count). The smallest absolute Gasteiger partial charge is 0.850 e. The van der Waals surface area contributed by atoms with Crippen molar-refractivity contribution in [3.05, 3.63) is 0 Å². The molecule has 0 amide bonds. The Morgan fingerprint density at radius 3 is 1.30 bits per heavy atom. The molecule has 0 aliphatic carbocycles. The van der Waals surface area contributed by atoms with Gasteiger partial charge in [-0.05, 0) is 0 Å². The fourth-order valence-corrected chi connectivity index (χ4v) is 0.0818. The Morgan fingerprint density at radius 2 is 1.30 bits per heavy atom. The zero-order valence-electron chi connectivity index (χ0n) is 5.01. The Hall–Kier alpha value is 0.207. The summed E-state index contributed by atoms with van der Waals surface area (Å²) in [5, 5.41) is 9.13. The van der Waals surface area contributed by atoms with Gasteiger partial charge >= 0.3 is 31.0 Å². The molecule has 0 spiro atoms. The van der Waals surface area contributed by atoms with E-state index < -0.39 is 18.7 Å². The maximum atomic E-state index is 11.2. The third kappa shape index (κ3) is 2.86. The van der Waals surface area contributed by atoms with Gasteiger partial charge in [-0.15, -0.1) is 0 Å². The van der Waals surface area contributed by atoms with Gasteiger partial charge in [0.2, 0.25) is 0 Å². The van der Waals surface area contributed by atoms with Gasteiger partial charge in [-0.25, -0.2) is 0 Å². The maximum Gasteiger partial charge on any atom is 1.00 e. The van der Waals surface area contributed by atoms with Crippen LogP contribution in [0.5, 0.6) is 0 Å². The molecule has 1 nitrogen and oxygen atoms in total. The molecule has 0 aromatic carbocycles. The number of rotatable bonds is 1. The van der Waals surface area contributed by atoms with Crippen molar-refractivity contribution >= 4 is 0 Å². The normalized spacial score (nSPS) is 12.6. The van der Waals surface area contributed by atoms with Crippen LogP contribution in [0.2, 0.25) is 0 Å². The van der Waals surface area contributed by atoms with E-state index in [1.807, 2.05) is 0 Å². The first-order valence-corrected chi connectivity index (χ1v) is 1.84. The van der Waals surface area contributed by atoms with E-state index in [0.717, 1.165) is 0 Å². The summed E-state index contributed by atoms with van der Waals surface area (Å²) in [6.07, 6.45) is -5.70. The second-order valence-corrected chi connectivity index (χ2v) is 1.35. The summed E-state index contributed by atoms with van der Waals surface area (Å²) in [7, 11) is 0. The molecular weight excluding hydrogens is 154 g/mol. The summed E-state index contributed by atoms with van der Waals surface area (Å²) in [6, 6.07) is 0. The van der Waals surface area contributed by atoms with Crippen LogP contribution in [0.4, 0.5) is 22.0 Å². The van der Waals surface area contributed by atoms with E-state index in [4.69, 9.17) is 5.11 Å². The predicted octanol–water partition coefficient (Wildman–Crippen LogP) is -2.45. The predicted molar refractivity (Wildman–Crippen MR) is 15.9 cm³/mol. The molecular formula is C3H2F5LiO. The minimum Gasteiger partial charge on any atom is -0.850 e. The average molecular weight is 156 g/mol.